The molecule has 0 heterocycles. The van der Waals surface area contributed by atoms with Gasteiger partial charge in [-0.05, 0) is 25.7 Å². The fraction of sp³-hybridized carbons (Fsp3) is 0.818. The van der Waals surface area contributed by atoms with Crippen molar-refractivity contribution < 1.29 is 27.9 Å². The number of amides is 1. The van der Waals surface area contributed by atoms with E-state index < -0.39 is 24.6 Å². The van der Waals surface area contributed by atoms with Gasteiger partial charge in [-0.25, -0.2) is 0 Å². The lowest BCUT2D eigenvalue weighted by molar-refractivity contribution is -0.143. The highest BCUT2D eigenvalue weighted by Crippen LogP contribution is 2.24. The maximum Gasteiger partial charge on any atom is 0.405 e. The quantitative estimate of drug-likeness (QED) is 0.700. The molecule has 0 bridgehead atoms. The van der Waals surface area contributed by atoms with Crippen molar-refractivity contribution in [1.29, 1.82) is 0 Å². The molecule has 0 unspecified atom stereocenters. The molecule has 1 aliphatic carbocycles. The summed E-state index contributed by atoms with van der Waals surface area (Å²) in [5.74, 6) is -1.88. The minimum atomic E-state index is -4.41. The minimum absolute atomic E-state index is 0.00719. The Bertz CT molecular complexity index is 326. The zero-order chi connectivity index (χ0) is 14.5. The molecule has 0 aromatic heterocycles. The molecule has 0 aromatic carbocycles. The van der Waals surface area contributed by atoms with Gasteiger partial charge in [0.2, 0.25) is 5.91 Å². The van der Waals surface area contributed by atoms with Crippen molar-refractivity contribution in [2.75, 3.05) is 13.1 Å². The molecule has 1 amide bonds. The maximum absolute atomic E-state index is 11.8. The third-order valence-corrected chi connectivity index (χ3v) is 3.11. The van der Waals surface area contributed by atoms with E-state index in [0.717, 1.165) is 0 Å². The molecule has 1 rings (SSSR count). The molecule has 0 spiro atoms. The normalized spacial score (nSPS) is 23.9. The van der Waals surface area contributed by atoms with Crippen LogP contribution in [0.3, 0.4) is 0 Å². The van der Waals surface area contributed by atoms with E-state index in [0.29, 0.717) is 25.7 Å². The van der Waals surface area contributed by atoms with E-state index in [1.165, 1.54) is 0 Å². The van der Waals surface area contributed by atoms with Crippen LogP contribution < -0.4 is 10.6 Å². The maximum atomic E-state index is 11.8. The molecule has 5 nitrogen and oxygen atoms in total. The van der Waals surface area contributed by atoms with Crippen LogP contribution >= 0.6 is 0 Å². The van der Waals surface area contributed by atoms with Crippen LogP contribution in [0.25, 0.3) is 0 Å². The average Bonchev–Trinajstić information content (AvgIpc) is 2.33. The van der Waals surface area contributed by atoms with Gasteiger partial charge >= 0.3 is 12.1 Å². The van der Waals surface area contributed by atoms with Crippen LogP contribution in [-0.2, 0) is 9.59 Å². The Hall–Kier alpha value is -1.31. The van der Waals surface area contributed by atoms with Gasteiger partial charge in [0.1, 0.15) is 6.54 Å². The lowest BCUT2D eigenvalue weighted by atomic mass is 9.86. The molecule has 3 N–H and O–H groups in total. The van der Waals surface area contributed by atoms with Crippen LogP contribution in [0.2, 0.25) is 0 Å². The highest BCUT2D eigenvalue weighted by molar-refractivity contribution is 5.78. The number of nitrogens with one attached hydrogen (secondary N) is 2. The van der Waals surface area contributed by atoms with Gasteiger partial charge in [0, 0.05) is 6.04 Å². The summed E-state index contributed by atoms with van der Waals surface area (Å²) >= 11 is 0. The Morgan fingerprint density at radius 2 is 1.74 bits per heavy atom. The minimum Gasteiger partial charge on any atom is -0.481 e. The summed E-state index contributed by atoms with van der Waals surface area (Å²) in [7, 11) is 0. The Morgan fingerprint density at radius 1 is 1.16 bits per heavy atom. The average molecular weight is 282 g/mol. The van der Waals surface area contributed by atoms with E-state index in [2.05, 4.69) is 5.32 Å². The van der Waals surface area contributed by atoms with E-state index in [1.54, 1.807) is 5.32 Å². The zero-order valence-corrected chi connectivity index (χ0v) is 10.3. The molecule has 0 atom stereocenters. The van der Waals surface area contributed by atoms with Crippen LogP contribution in [0.15, 0.2) is 0 Å². The standard InChI is InChI=1S/C11H17F3N2O3/c12-11(13,14)6-16-9(17)5-15-8-3-1-7(2-4-8)10(18)19/h7-8,15H,1-6H2,(H,16,17)(H,18,19). The number of carbonyl (C=O) groups is 2. The van der Waals surface area contributed by atoms with Crippen molar-refractivity contribution in [3.8, 4) is 0 Å². The van der Waals surface area contributed by atoms with Crippen molar-refractivity contribution in [1.82, 2.24) is 10.6 Å². The molecule has 8 heteroatoms. The predicted molar refractivity (Wildman–Crippen MR) is 60.4 cm³/mol. The topological polar surface area (TPSA) is 78.4 Å². The summed E-state index contributed by atoms with van der Waals surface area (Å²) in [5, 5.41) is 13.4. The van der Waals surface area contributed by atoms with Gasteiger partial charge < -0.3 is 15.7 Å². The summed E-state index contributed by atoms with van der Waals surface area (Å²) in [5.41, 5.74) is 0. The first-order valence-electron chi connectivity index (χ1n) is 6.07. The molecule has 110 valence electrons. The molecule has 0 aromatic rings. The molecular weight excluding hydrogens is 265 g/mol. The second kappa shape index (κ2) is 6.74. The number of aliphatic carboxylic acids is 1. The first-order chi connectivity index (χ1) is 8.78. The Morgan fingerprint density at radius 3 is 2.21 bits per heavy atom. The number of carboxylic acid groups (broad SMARTS) is 1. The van der Waals surface area contributed by atoms with E-state index in [1.807, 2.05) is 0 Å². The summed E-state index contributed by atoms with van der Waals surface area (Å²) < 4.78 is 35.5. The van der Waals surface area contributed by atoms with Gasteiger partial charge in [-0.15, -0.1) is 0 Å². The number of alkyl halides is 3. The smallest absolute Gasteiger partial charge is 0.405 e. The predicted octanol–water partition coefficient (Wildman–Crippen LogP) is 0.898. The van der Waals surface area contributed by atoms with Crippen molar-refractivity contribution >= 4 is 11.9 Å². The Kier molecular flexibility index (Phi) is 5.59. The van der Waals surface area contributed by atoms with Crippen molar-refractivity contribution in [3.05, 3.63) is 0 Å². The summed E-state index contributed by atoms with van der Waals surface area (Å²) in [6.45, 7) is -1.52. The lowest BCUT2D eigenvalue weighted by Gasteiger charge is -2.26. The Balaban J connectivity index is 2.17. The van der Waals surface area contributed by atoms with Gasteiger partial charge in [0.05, 0.1) is 12.5 Å². The van der Waals surface area contributed by atoms with Gasteiger partial charge in [0.15, 0.2) is 0 Å². The van der Waals surface area contributed by atoms with E-state index in [9.17, 15) is 22.8 Å². The highest BCUT2D eigenvalue weighted by atomic mass is 19.4. The fourth-order valence-corrected chi connectivity index (χ4v) is 2.04. The molecular formula is C11H17F3N2O3. The van der Waals surface area contributed by atoms with Crippen LogP contribution in [-0.4, -0.2) is 42.3 Å². The van der Waals surface area contributed by atoms with Gasteiger partial charge in [-0.1, -0.05) is 0 Å². The number of carboxylic acids is 1. The number of rotatable bonds is 5. The van der Waals surface area contributed by atoms with Crippen molar-refractivity contribution in [2.45, 2.75) is 37.9 Å². The number of hydrogen-bond acceptors (Lipinski definition) is 3. The summed E-state index contributed by atoms with van der Waals surface area (Å²) in [6, 6.07) is -0.00719. The molecule has 1 fully saturated rings. The summed E-state index contributed by atoms with van der Waals surface area (Å²) in [4.78, 5) is 21.9. The van der Waals surface area contributed by atoms with E-state index in [-0.39, 0.29) is 18.5 Å². The zero-order valence-electron chi connectivity index (χ0n) is 10.3. The molecule has 1 aliphatic rings. The first-order valence-corrected chi connectivity index (χ1v) is 6.07. The number of halogens is 3. The third-order valence-electron chi connectivity index (χ3n) is 3.11. The van der Waals surface area contributed by atoms with Crippen LogP contribution in [0.4, 0.5) is 13.2 Å². The van der Waals surface area contributed by atoms with Crippen molar-refractivity contribution in [3.63, 3.8) is 0 Å². The molecule has 19 heavy (non-hydrogen) atoms. The third kappa shape index (κ3) is 6.42. The second-order valence-electron chi connectivity index (χ2n) is 4.66. The number of hydrogen-bond donors (Lipinski definition) is 3. The van der Waals surface area contributed by atoms with E-state index in [4.69, 9.17) is 5.11 Å². The summed E-state index contributed by atoms with van der Waals surface area (Å²) in [6.07, 6.45) is -2.13. The lowest BCUT2D eigenvalue weighted by Crippen LogP contribution is -2.43. The molecule has 1 saturated carbocycles. The van der Waals surface area contributed by atoms with Gasteiger partial charge in [0.25, 0.3) is 0 Å². The highest BCUT2D eigenvalue weighted by Gasteiger charge is 2.28. The largest absolute Gasteiger partial charge is 0.481 e. The van der Waals surface area contributed by atoms with Crippen molar-refractivity contribution in [2.24, 2.45) is 5.92 Å². The van der Waals surface area contributed by atoms with Crippen LogP contribution in [0.5, 0.6) is 0 Å². The number of carbonyl (C=O) groups excluding carboxylic acids is 1. The molecule has 0 aliphatic heterocycles. The second-order valence-corrected chi connectivity index (χ2v) is 4.66. The molecule has 0 radical (unpaired) electrons. The van der Waals surface area contributed by atoms with Gasteiger partial charge in [-0.2, -0.15) is 13.2 Å². The fourth-order valence-electron chi connectivity index (χ4n) is 2.04. The van der Waals surface area contributed by atoms with Gasteiger partial charge in [-0.3, -0.25) is 9.59 Å². The van der Waals surface area contributed by atoms with Crippen LogP contribution in [0.1, 0.15) is 25.7 Å². The van der Waals surface area contributed by atoms with Crippen LogP contribution in [0, 0.1) is 5.92 Å². The first kappa shape index (κ1) is 15.7. The monoisotopic (exact) mass is 282 g/mol. The van der Waals surface area contributed by atoms with E-state index >= 15 is 0 Å². The molecule has 0 saturated heterocycles. The SMILES string of the molecule is O=C(CNC1CCC(C(=O)O)CC1)NCC(F)(F)F. The Labute approximate surface area is 108 Å².